The van der Waals surface area contributed by atoms with Crippen LogP contribution in [0.15, 0.2) is 28.9 Å². The molecule has 0 atom stereocenters. The Bertz CT molecular complexity index is 490. The van der Waals surface area contributed by atoms with E-state index in [1.54, 1.807) is 6.07 Å². The standard InChI is InChI=1S/C10H8BrNO2/c1-14-10(13)7-5-9-6(2-3-12-9)4-8(7)11/h2-5,12H,1H3. The number of ether oxygens (including phenoxy) is 1. The number of aromatic amines is 1. The topological polar surface area (TPSA) is 42.1 Å². The molecule has 0 bridgehead atoms. The van der Waals surface area contributed by atoms with Crippen LogP contribution in [0.1, 0.15) is 10.4 Å². The predicted octanol–water partition coefficient (Wildman–Crippen LogP) is 2.72. The average molecular weight is 254 g/mol. The van der Waals surface area contributed by atoms with E-state index in [2.05, 4.69) is 25.7 Å². The van der Waals surface area contributed by atoms with E-state index in [4.69, 9.17) is 0 Å². The van der Waals surface area contributed by atoms with Gasteiger partial charge in [0, 0.05) is 21.6 Å². The summed E-state index contributed by atoms with van der Waals surface area (Å²) in [6, 6.07) is 5.60. The number of methoxy groups -OCH3 is 1. The third-order valence-electron chi connectivity index (χ3n) is 2.05. The normalized spacial score (nSPS) is 10.4. The van der Waals surface area contributed by atoms with E-state index in [-0.39, 0.29) is 5.97 Å². The predicted molar refractivity (Wildman–Crippen MR) is 57.3 cm³/mol. The summed E-state index contributed by atoms with van der Waals surface area (Å²) in [7, 11) is 1.37. The second-order valence-corrected chi connectivity index (χ2v) is 3.74. The van der Waals surface area contributed by atoms with E-state index in [1.807, 2.05) is 18.3 Å². The van der Waals surface area contributed by atoms with Gasteiger partial charge in [-0.3, -0.25) is 0 Å². The molecule has 72 valence electrons. The largest absolute Gasteiger partial charge is 0.465 e. The molecule has 0 spiro atoms. The molecule has 4 heteroatoms. The smallest absolute Gasteiger partial charge is 0.339 e. The molecule has 1 aromatic heterocycles. The van der Waals surface area contributed by atoms with Crippen molar-refractivity contribution in [2.75, 3.05) is 7.11 Å². The monoisotopic (exact) mass is 253 g/mol. The average Bonchev–Trinajstić information content (AvgIpc) is 2.62. The Morgan fingerprint density at radius 2 is 2.29 bits per heavy atom. The molecule has 0 fully saturated rings. The van der Waals surface area contributed by atoms with Crippen molar-refractivity contribution < 1.29 is 9.53 Å². The minimum Gasteiger partial charge on any atom is -0.465 e. The van der Waals surface area contributed by atoms with Crippen LogP contribution in [0, 0.1) is 0 Å². The van der Waals surface area contributed by atoms with Crippen LogP contribution in [0.25, 0.3) is 10.9 Å². The van der Waals surface area contributed by atoms with Crippen LogP contribution in [0.2, 0.25) is 0 Å². The number of benzene rings is 1. The van der Waals surface area contributed by atoms with Gasteiger partial charge in [0.05, 0.1) is 12.7 Å². The number of carbonyl (C=O) groups excluding carboxylic acids is 1. The molecule has 0 amide bonds. The molecule has 2 aromatic rings. The third kappa shape index (κ3) is 1.42. The zero-order valence-corrected chi connectivity index (χ0v) is 9.09. The van der Waals surface area contributed by atoms with Gasteiger partial charge in [-0.2, -0.15) is 0 Å². The molecule has 0 radical (unpaired) electrons. The molecule has 1 heterocycles. The lowest BCUT2D eigenvalue weighted by atomic mass is 10.2. The van der Waals surface area contributed by atoms with Crippen molar-refractivity contribution in [2.24, 2.45) is 0 Å². The van der Waals surface area contributed by atoms with Crippen molar-refractivity contribution in [3.63, 3.8) is 0 Å². The molecular weight excluding hydrogens is 246 g/mol. The zero-order valence-electron chi connectivity index (χ0n) is 7.50. The quantitative estimate of drug-likeness (QED) is 0.795. The van der Waals surface area contributed by atoms with Gasteiger partial charge in [0.15, 0.2) is 0 Å². The first-order valence-electron chi connectivity index (χ1n) is 4.07. The van der Waals surface area contributed by atoms with Crippen LogP contribution in [0.3, 0.4) is 0 Å². The summed E-state index contributed by atoms with van der Waals surface area (Å²) in [4.78, 5) is 14.4. The number of hydrogen-bond donors (Lipinski definition) is 1. The molecule has 1 N–H and O–H groups in total. The molecule has 1 aromatic carbocycles. The van der Waals surface area contributed by atoms with Gasteiger partial charge in [-0.1, -0.05) is 0 Å². The Morgan fingerprint density at radius 1 is 1.50 bits per heavy atom. The summed E-state index contributed by atoms with van der Waals surface area (Å²) in [6.07, 6.45) is 1.83. The first-order chi connectivity index (χ1) is 6.72. The minimum absolute atomic E-state index is 0.339. The highest BCUT2D eigenvalue weighted by molar-refractivity contribution is 9.10. The Kier molecular flexibility index (Phi) is 2.29. The first-order valence-corrected chi connectivity index (χ1v) is 4.86. The third-order valence-corrected chi connectivity index (χ3v) is 2.70. The number of halogens is 1. The van der Waals surface area contributed by atoms with Crippen LogP contribution in [-0.4, -0.2) is 18.1 Å². The van der Waals surface area contributed by atoms with Crippen molar-refractivity contribution in [1.29, 1.82) is 0 Å². The van der Waals surface area contributed by atoms with Gasteiger partial charge in [-0.15, -0.1) is 0 Å². The highest BCUT2D eigenvalue weighted by atomic mass is 79.9. The summed E-state index contributed by atoms with van der Waals surface area (Å²) < 4.78 is 5.41. The molecular formula is C10H8BrNO2. The lowest BCUT2D eigenvalue weighted by Gasteiger charge is -2.02. The van der Waals surface area contributed by atoms with Crippen molar-refractivity contribution in [3.8, 4) is 0 Å². The van der Waals surface area contributed by atoms with Crippen LogP contribution < -0.4 is 0 Å². The van der Waals surface area contributed by atoms with Crippen LogP contribution in [0.4, 0.5) is 0 Å². The fourth-order valence-corrected chi connectivity index (χ4v) is 1.86. The lowest BCUT2D eigenvalue weighted by Crippen LogP contribution is -2.01. The number of hydrogen-bond acceptors (Lipinski definition) is 2. The summed E-state index contributed by atoms with van der Waals surface area (Å²) in [5, 5.41) is 1.06. The van der Waals surface area contributed by atoms with E-state index in [0.717, 1.165) is 15.4 Å². The van der Waals surface area contributed by atoms with Gasteiger partial charge in [-0.05, 0) is 34.1 Å². The van der Waals surface area contributed by atoms with Gasteiger partial charge < -0.3 is 9.72 Å². The Hall–Kier alpha value is -1.29. The second kappa shape index (κ2) is 3.46. The van der Waals surface area contributed by atoms with Crippen molar-refractivity contribution in [2.45, 2.75) is 0 Å². The number of rotatable bonds is 1. The molecule has 0 saturated carbocycles. The molecule has 0 unspecified atom stereocenters. The van der Waals surface area contributed by atoms with Gasteiger partial charge >= 0.3 is 5.97 Å². The maximum atomic E-state index is 11.3. The Balaban J connectivity index is 2.64. The second-order valence-electron chi connectivity index (χ2n) is 2.89. The number of aromatic nitrogens is 1. The van der Waals surface area contributed by atoms with Crippen LogP contribution in [0.5, 0.6) is 0 Å². The van der Waals surface area contributed by atoms with E-state index in [1.165, 1.54) is 7.11 Å². The highest BCUT2D eigenvalue weighted by Gasteiger charge is 2.11. The number of nitrogens with one attached hydrogen (secondary N) is 1. The van der Waals surface area contributed by atoms with E-state index in [9.17, 15) is 4.79 Å². The Labute approximate surface area is 89.2 Å². The van der Waals surface area contributed by atoms with Crippen molar-refractivity contribution in [1.82, 2.24) is 4.98 Å². The van der Waals surface area contributed by atoms with E-state index in [0.29, 0.717) is 5.56 Å². The first kappa shape index (κ1) is 9.27. The highest BCUT2D eigenvalue weighted by Crippen LogP contribution is 2.24. The zero-order chi connectivity index (χ0) is 10.1. The fraction of sp³-hybridized carbons (Fsp3) is 0.100. The van der Waals surface area contributed by atoms with Crippen LogP contribution >= 0.6 is 15.9 Å². The maximum absolute atomic E-state index is 11.3. The molecule has 0 saturated heterocycles. The Morgan fingerprint density at radius 3 is 3.00 bits per heavy atom. The lowest BCUT2D eigenvalue weighted by molar-refractivity contribution is 0.0600. The molecule has 0 aliphatic heterocycles. The van der Waals surface area contributed by atoms with Gasteiger partial charge in [0.2, 0.25) is 0 Å². The summed E-state index contributed by atoms with van der Waals surface area (Å²) in [5.41, 5.74) is 1.45. The van der Waals surface area contributed by atoms with Crippen LogP contribution in [-0.2, 0) is 4.74 Å². The molecule has 0 aliphatic rings. The number of esters is 1. The summed E-state index contributed by atoms with van der Waals surface area (Å²) in [6.45, 7) is 0. The summed E-state index contributed by atoms with van der Waals surface area (Å²) >= 11 is 3.33. The molecule has 2 rings (SSSR count). The summed E-state index contributed by atoms with van der Waals surface area (Å²) in [5.74, 6) is -0.339. The number of H-pyrrole nitrogens is 1. The van der Waals surface area contributed by atoms with Gasteiger partial charge in [0.1, 0.15) is 0 Å². The SMILES string of the molecule is COC(=O)c1cc2[nH]ccc2cc1Br. The van der Waals surface area contributed by atoms with E-state index < -0.39 is 0 Å². The molecule has 0 aliphatic carbocycles. The molecule has 14 heavy (non-hydrogen) atoms. The molecule has 3 nitrogen and oxygen atoms in total. The fourth-order valence-electron chi connectivity index (χ4n) is 1.34. The van der Waals surface area contributed by atoms with Gasteiger partial charge in [0.25, 0.3) is 0 Å². The minimum atomic E-state index is -0.339. The number of carbonyl (C=O) groups is 1. The van der Waals surface area contributed by atoms with Gasteiger partial charge in [-0.25, -0.2) is 4.79 Å². The number of fused-ring (bicyclic) bond motifs is 1. The van der Waals surface area contributed by atoms with Crippen molar-refractivity contribution in [3.05, 3.63) is 34.4 Å². The maximum Gasteiger partial charge on any atom is 0.339 e. The van der Waals surface area contributed by atoms with Crippen molar-refractivity contribution >= 4 is 32.8 Å². The van der Waals surface area contributed by atoms with E-state index >= 15 is 0 Å².